The number of rotatable bonds is 5. The molecule has 0 radical (unpaired) electrons. The summed E-state index contributed by atoms with van der Waals surface area (Å²) in [6, 6.07) is -0.486. The second-order valence-corrected chi connectivity index (χ2v) is 7.35. The molecule has 2 heterocycles. The lowest BCUT2D eigenvalue weighted by molar-refractivity contribution is -0.130. The van der Waals surface area contributed by atoms with Crippen LogP contribution in [0.15, 0.2) is 0 Å². The molecular weight excluding hydrogens is 270 g/mol. The highest BCUT2D eigenvalue weighted by Crippen LogP contribution is 2.24. The molecule has 108 valence electrons. The zero-order valence-corrected chi connectivity index (χ0v) is 11.8. The summed E-state index contributed by atoms with van der Waals surface area (Å²) in [5.41, 5.74) is -0.856. The number of hydrogen-bond donors (Lipinski definition) is 2. The van der Waals surface area contributed by atoms with E-state index in [1.54, 1.807) is 6.92 Å². The molecule has 0 aromatic heterocycles. The molecule has 1 unspecified atom stereocenters. The van der Waals surface area contributed by atoms with Crippen molar-refractivity contribution in [1.29, 1.82) is 0 Å². The topological polar surface area (TPSA) is 95.6 Å². The van der Waals surface area contributed by atoms with E-state index in [0.717, 1.165) is 4.90 Å². The van der Waals surface area contributed by atoms with Gasteiger partial charge in [-0.1, -0.05) is 6.92 Å². The van der Waals surface area contributed by atoms with Crippen LogP contribution in [0.2, 0.25) is 0 Å². The number of imide groups is 1. The van der Waals surface area contributed by atoms with Crippen LogP contribution in [0.5, 0.6) is 0 Å². The minimum atomic E-state index is -3.19. The van der Waals surface area contributed by atoms with E-state index in [1.807, 2.05) is 0 Å². The number of carbonyl (C=O) groups excluding carboxylic acids is 2. The van der Waals surface area contributed by atoms with Gasteiger partial charge in [0.2, 0.25) is 0 Å². The van der Waals surface area contributed by atoms with Crippen LogP contribution < -0.4 is 10.6 Å². The molecule has 0 saturated carbocycles. The standard InChI is InChI=1S/C11H19N3O4S/c1-2-6-19(17,18)7-5-14-9(15)11(13-10(14)16)3-4-12-8-11/h12H,2-8H2,1H3,(H,13,16). The molecule has 19 heavy (non-hydrogen) atoms. The number of hydrogen-bond acceptors (Lipinski definition) is 5. The average Bonchev–Trinajstić information content (AvgIpc) is 2.86. The second kappa shape index (κ2) is 5.09. The molecule has 0 aromatic rings. The van der Waals surface area contributed by atoms with Gasteiger partial charge in [-0.3, -0.25) is 9.69 Å². The van der Waals surface area contributed by atoms with Gasteiger partial charge in [-0.2, -0.15) is 0 Å². The molecule has 8 heteroatoms. The van der Waals surface area contributed by atoms with E-state index >= 15 is 0 Å². The van der Waals surface area contributed by atoms with Crippen LogP contribution in [0, 0.1) is 0 Å². The Bertz CT molecular complexity index is 482. The van der Waals surface area contributed by atoms with Gasteiger partial charge in [0.15, 0.2) is 9.84 Å². The van der Waals surface area contributed by atoms with E-state index in [0.29, 0.717) is 25.9 Å². The number of carbonyl (C=O) groups is 2. The van der Waals surface area contributed by atoms with Gasteiger partial charge in [0, 0.05) is 18.8 Å². The molecule has 2 saturated heterocycles. The number of sulfone groups is 1. The third-order valence-electron chi connectivity index (χ3n) is 3.54. The first kappa shape index (κ1) is 14.3. The van der Waals surface area contributed by atoms with Gasteiger partial charge >= 0.3 is 6.03 Å². The monoisotopic (exact) mass is 289 g/mol. The summed E-state index contributed by atoms with van der Waals surface area (Å²) in [7, 11) is -3.19. The van der Waals surface area contributed by atoms with Gasteiger partial charge < -0.3 is 10.6 Å². The van der Waals surface area contributed by atoms with Crippen LogP contribution in [-0.2, 0) is 14.6 Å². The van der Waals surface area contributed by atoms with E-state index in [-0.39, 0.29) is 24.0 Å². The highest BCUT2D eigenvalue weighted by molar-refractivity contribution is 7.91. The van der Waals surface area contributed by atoms with E-state index in [9.17, 15) is 18.0 Å². The van der Waals surface area contributed by atoms with Gasteiger partial charge in [0.25, 0.3) is 5.91 Å². The molecule has 7 nitrogen and oxygen atoms in total. The van der Waals surface area contributed by atoms with Crippen molar-refractivity contribution in [3.05, 3.63) is 0 Å². The summed E-state index contributed by atoms with van der Waals surface area (Å²) in [5.74, 6) is -0.387. The molecule has 2 aliphatic rings. The molecule has 0 aromatic carbocycles. The number of nitrogens with one attached hydrogen (secondary N) is 2. The van der Waals surface area contributed by atoms with Crippen molar-refractivity contribution < 1.29 is 18.0 Å². The Morgan fingerprint density at radius 3 is 2.63 bits per heavy atom. The van der Waals surface area contributed by atoms with Crippen LogP contribution >= 0.6 is 0 Å². The molecular formula is C11H19N3O4S. The largest absolute Gasteiger partial charge is 0.325 e. The Morgan fingerprint density at radius 2 is 2.05 bits per heavy atom. The predicted molar refractivity (Wildman–Crippen MR) is 69.4 cm³/mol. The van der Waals surface area contributed by atoms with Crippen LogP contribution in [-0.4, -0.2) is 61.9 Å². The minimum absolute atomic E-state index is 0.0608. The first-order chi connectivity index (χ1) is 8.90. The second-order valence-electron chi connectivity index (χ2n) is 5.05. The summed E-state index contributed by atoms with van der Waals surface area (Å²) in [6.45, 7) is 2.81. The van der Waals surface area contributed by atoms with Crippen LogP contribution in [0.3, 0.4) is 0 Å². The lowest BCUT2D eigenvalue weighted by Gasteiger charge is -2.19. The number of nitrogens with zero attached hydrogens (tertiary/aromatic N) is 1. The smallest absolute Gasteiger partial charge is 0.322 e. The van der Waals surface area contributed by atoms with Gasteiger partial charge in [-0.15, -0.1) is 0 Å². The Labute approximate surface area is 112 Å². The van der Waals surface area contributed by atoms with Gasteiger partial charge in [-0.05, 0) is 19.4 Å². The zero-order valence-electron chi connectivity index (χ0n) is 10.9. The first-order valence-electron chi connectivity index (χ1n) is 6.45. The zero-order chi connectivity index (χ0) is 14.1. The molecule has 2 N–H and O–H groups in total. The normalized spacial score (nSPS) is 27.3. The highest BCUT2D eigenvalue weighted by Gasteiger charge is 2.52. The highest BCUT2D eigenvalue weighted by atomic mass is 32.2. The van der Waals surface area contributed by atoms with Crippen LogP contribution in [0.4, 0.5) is 4.79 Å². The fourth-order valence-corrected chi connectivity index (χ4v) is 3.79. The Hall–Kier alpha value is -1.15. The van der Waals surface area contributed by atoms with E-state index < -0.39 is 21.4 Å². The molecule has 0 aliphatic carbocycles. The first-order valence-corrected chi connectivity index (χ1v) is 8.28. The maximum Gasteiger partial charge on any atom is 0.325 e. The van der Waals surface area contributed by atoms with Crippen molar-refractivity contribution in [2.45, 2.75) is 25.3 Å². The number of urea groups is 1. The van der Waals surface area contributed by atoms with E-state index in [2.05, 4.69) is 10.6 Å². The summed E-state index contributed by atoms with van der Waals surface area (Å²) in [5, 5.41) is 5.72. The van der Waals surface area contributed by atoms with Crippen molar-refractivity contribution in [2.75, 3.05) is 31.1 Å². The average molecular weight is 289 g/mol. The van der Waals surface area contributed by atoms with Gasteiger partial charge in [0.1, 0.15) is 5.54 Å². The molecule has 3 amide bonds. The van der Waals surface area contributed by atoms with Crippen molar-refractivity contribution in [2.24, 2.45) is 0 Å². The maximum absolute atomic E-state index is 12.2. The van der Waals surface area contributed by atoms with Crippen molar-refractivity contribution in [3.63, 3.8) is 0 Å². The Morgan fingerprint density at radius 1 is 1.32 bits per heavy atom. The minimum Gasteiger partial charge on any atom is -0.322 e. The molecule has 1 spiro atoms. The molecule has 2 fully saturated rings. The molecule has 1 atom stereocenters. The summed E-state index contributed by atoms with van der Waals surface area (Å²) in [6.07, 6.45) is 1.09. The maximum atomic E-state index is 12.2. The lowest BCUT2D eigenvalue weighted by Crippen LogP contribution is -2.48. The van der Waals surface area contributed by atoms with E-state index in [4.69, 9.17) is 0 Å². The fraction of sp³-hybridized carbons (Fsp3) is 0.818. The Balaban J connectivity index is 2.02. The van der Waals surface area contributed by atoms with Crippen molar-refractivity contribution >= 4 is 21.8 Å². The molecule has 2 rings (SSSR count). The summed E-state index contributed by atoms with van der Waals surface area (Å²) >= 11 is 0. The van der Waals surface area contributed by atoms with Crippen molar-refractivity contribution in [1.82, 2.24) is 15.5 Å². The lowest BCUT2D eigenvalue weighted by atomic mass is 9.99. The van der Waals surface area contributed by atoms with Crippen molar-refractivity contribution in [3.8, 4) is 0 Å². The third kappa shape index (κ3) is 2.74. The Kier molecular flexibility index (Phi) is 3.82. The fourth-order valence-electron chi connectivity index (χ4n) is 2.50. The SMILES string of the molecule is CCCS(=O)(=O)CCN1C(=O)NC2(CCNC2)C1=O. The van der Waals surface area contributed by atoms with E-state index in [1.165, 1.54) is 0 Å². The van der Waals surface area contributed by atoms with Gasteiger partial charge in [0.05, 0.1) is 5.75 Å². The van der Waals surface area contributed by atoms with Crippen LogP contribution in [0.25, 0.3) is 0 Å². The number of amides is 3. The molecule has 0 bridgehead atoms. The predicted octanol–water partition coefficient (Wildman–Crippen LogP) is -0.905. The van der Waals surface area contributed by atoms with Crippen LogP contribution in [0.1, 0.15) is 19.8 Å². The molecule has 2 aliphatic heterocycles. The van der Waals surface area contributed by atoms with Gasteiger partial charge in [-0.25, -0.2) is 13.2 Å². The summed E-state index contributed by atoms with van der Waals surface area (Å²) in [4.78, 5) is 25.0. The quantitative estimate of drug-likeness (QED) is 0.639. The third-order valence-corrected chi connectivity index (χ3v) is 5.38. The summed E-state index contributed by atoms with van der Waals surface area (Å²) < 4.78 is 23.3.